The molecular formula is C31H41ClN4O5. The van der Waals surface area contributed by atoms with E-state index in [2.05, 4.69) is 55.1 Å². The standard InChI is InChI=1S/C31H41ClN4O5/c1-20-18-36(19-21(2)40-20)13-14-39-29-17-26-23(16-28(29)38-6)27(9-11-33-26)41-22-7-8-25(24(32)15-22)35-30(37)34-12-10-31(3,4)5/h7-9,11,15-17,20-21H,10,12-14,18-19H2,1-6H3,(H2,34,35,37)/t20-,21+. The van der Waals surface area contributed by atoms with E-state index in [0.717, 1.165) is 31.4 Å². The van der Waals surface area contributed by atoms with Crippen molar-refractivity contribution in [1.82, 2.24) is 15.2 Å². The molecular weight excluding hydrogens is 544 g/mol. The predicted octanol–water partition coefficient (Wildman–Crippen LogP) is 6.73. The van der Waals surface area contributed by atoms with E-state index in [1.165, 1.54) is 0 Å². The molecule has 0 unspecified atom stereocenters. The minimum Gasteiger partial charge on any atom is -0.493 e. The zero-order valence-corrected chi connectivity index (χ0v) is 25.5. The van der Waals surface area contributed by atoms with Gasteiger partial charge in [-0.25, -0.2) is 4.79 Å². The topological polar surface area (TPSA) is 94.2 Å². The highest BCUT2D eigenvalue weighted by Crippen LogP contribution is 2.38. The lowest BCUT2D eigenvalue weighted by molar-refractivity contribution is -0.0699. The first kappa shape index (κ1) is 30.7. The molecule has 0 bridgehead atoms. The zero-order chi connectivity index (χ0) is 29.6. The third-order valence-corrected chi connectivity index (χ3v) is 7.04. The van der Waals surface area contributed by atoms with Crippen LogP contribution < -0.4 is 24.8 Å². The smallest absolute Gasteiger partial charge is 0.319 e. The Morgan fingerprint density at radius 2 is 1.85 bits per heavy atom. The minimum absolute atomic E-state index is 0.139. The van der Waals surface area contributed by atoms with Crippen molar-refractivity contribution in [2.45, 2.75) is 53.2 Å². The maximum absolute atomic E-state index is 12.3. The number of urea groups is 1. The number of halogens is 1. The van der Waals surface area contributed by atoms with Crippen LogP contribution in [0.1, 0.15) is 41.0 Å². The van der Waals surface area contributed by atoms with E-state index in [9.17, 15) is 4.79 Å². The number of fused-ring (bicyclic) bond motifs is 1. The predicted molar refractivity (Wildman–Crippen MR) is 163 cm³/mol. The number of nitrogens with one attached hydrogen (secondary N) is 2. The normalized spacial score (nSPS) is 17.7. The fourth-order valence-corrected chi connectivity index (χ4v) is 4.96. The number of hydrogen-bond acceptors (Lipinski definition) is 7. The molecule has 0 spiro atoms. The van der Waals surface area contributed by atoms with Gasteiger partial charge in [0.25, 0.3) is 0 Å². The first-order chi connectivity index (χ1) is 19.5. The number of anilines is 1. The van der Waals surface area contributed by atoms with Crippen LogP contribution >= 0.6 is 11.6 Å². The molecule has 2 atom stereocenters. The van der Waals surface area contributed by atoms with Crippen LogP contribution in [0.4, 0.5) is 10.5 Å². The van der Waals surface area contributed by atoms with E-state index in [4.69, 9.17) is 30.5 Å². The number of amides is 2. The van der Waals surface area contributed by atoms with E-state index in [1.54, 1.807) is 37.6 Å². The van der Waals surface area contributed by atoms with E-state index >= 15 is 0 Å². The molecule has 1 aromatic heterocycles. The molecule has 0 radical (unpaired) electrons. The zero-order valence-electron chi connectivity index (χ0n) is 24.8. The molecule has 1 fully saturated rings. The molecule has 1 aliphatic rings. The fourth-order valence-electron chi connectivity index (χ4n) is 4.75. The SMILES string of the molecule is COc1cc2c(Oc3ccc(NC(=O)NCCC(C)(C)C)c(Cl)c3)ccnc2cc1OCCN1C[C@@H](C)O[C@@H](C)C1. The molecule has 0 aliphatic carbocycles. The fraction of sp³-hybridized carbons (Fsp3) is 0.484. The summed E-state index contributed by atoms with van der Waals surface area (Å²) in [5.41, 5.74) is 1.35. The lowest BCUT2D eigenvalue weighted by Gasteiger charge is -2.35. The van der Waals surface area contributed by atoms with Gasteiger partial charge >= 0.3 is 6.03 Å². The van der Waals surface area contributed by atoms with Gasteiger partial charge in [0, 0.05) is 49.9 Å². The Morgan fingerprint density at radius 3 is 2.54 bits per heavy atom. The maximum Gasteiger partial charge on any atom is 0.319 e. The second-order valence-corrected chi connectivity index (χ2v) is 12.0. The maximum atomic E-state index is 12.3. The van der Waals surface area contributed by atoms with E-state index in [1.807, 2.05) is 12.1 Å². The Kier molecular flexibility index (Phi) is 10.2. The number of morpholine rings is 1. The lowest BCUT2D eigenvalue weighted by Crippen LogP contribution is -2.46. The Bertz CT molecular complexity index is 1340. The summed E-state index contributed by atoms with van der Waals surface area (Å²) >= 11 is 6.47. The van der Waals surface area contributed by atoms with Crippen LogP contribution in [0.3, 0.4) is 0 Å². The van der Waals surface area contributed by atoms with Gasteiger partial charge in [-0.3, -0.25) is 9.88 Å². The number of ether oxygens (including phenoxy) is 4. The van der Waals surface area contributed by atoms with E-state index in [0.29, 0.717) is 52.4 Å². The quantitative estimate of drug-likeness (QED) is 0.273. The lowest BCUT2D eigenvalue weighted by atomic mass is 9.92. The molecule has 10 heteroatoms. The number of pyridine rings is 1. The summed E-state index contributed by atoms with van der Waals surface area (Å²) in [5, 5.41) is 6.79. The Labute approximate surface area is 247 Å². The molecule has 222 valence electrons. The average Bonchev–Trinajstić information content (AvgIpc) is 2.89. The Balaban J connectivity index is 1.41. The molecule has 3 aromatic rings. The van der Waals surface area contributed by atoms with Gasteiger partial charge in [0.05, 0.1) is 35.5 Å². The number of nitrogens with zero attached hydrogens (tertiary/aromatic N) is 2. The van der Waals surface area contributed by atoms with Gasteiger partial charge in [-0.05, 0) is 49.9 Å². The molecule has 2 heterocycles. The first-order valence-electron chi connectivity index (χ1n) is 14.0. The number of rotatable bonds is 10. The van der Waals surface area contributed by atoms with Crippen LogP contribution in [0.15, 0.2) is 42.6 Å². The van der Waals surface area contributed by atoms with Gasteiger partial charge in [0.2, 0.25) is 0 Å². The third-order valence-electron chi connectivity index (χ3n) is 6.72. The van der Waals surface area contributed by atoms with Gasteiger partial charge in [-0.1, -0.05) is 32.4 Å². The second-order valence-electron chi connectivity index (χ2n) is 11.6. The molecule has 1 aliphatic heterocycles. The highest BCUT2D eigenvalue weighted by molar-refractivity contribution is 6.33. The van der Waals surface area contributed by atoms with Gasteiger partial charge < -0.3 is 29.6 Å². The molecule has 41 heavy (non-hydrogen) atoms. The number of benzene rings is 2. The summed E-state index contributed by atoms with van der Waals surface area (Å²) in [5.74, 6) is 2.33. The summed E-state index contributed by atoms with van der Waals surface area (Å²) in [6, 6.07) is 10.4. The molecule has 0 saturated carbocycles. The molecule has 2 amide bonds. The number of hydrogen-bond donors (Lipinski definition) is 2. The van der Waals surface area contributed by atoms with Crippen molar-refractivity contribution in [2.75, 3.05) is 45.2 Å². The van der Waals surface area contributed by atoms with Crippen molar-refractivity contribution >= 4 is 34.2 Å². The molecule has 9 nitrogen and oxygen atoms in total. The van der Waals surface area contributed by atoms with Crippen molar-refractivity contribution in [3.63, 3.8) is 0 Å². The van der Waals surface area contributed by atoms with Gasteiger partial charge in [-0.15, -0.1) is 0 Å². The van der Waals surface area contributed by atoms with Crippen LogP contribution in [0.2, 0.25) is 5.02 Å². The summed E-state index contributed by atoms with van der Waals surface area (Å²) in [4.78, 5) is 19.2. The van der Waals surface area contributed by atoms with Crippen molar-refractivity contribution < 1.29 is 23.7 Å². The van der Waals surface area contributed by atoms with Crippen molar-refractivity contribution in [2.24, 2.45) is 5.41 Å². The monoisotopic (exact) mass is 584 g/mol. The van der Waals surface area contributed by atoms with Crippen LogP contribution in [-0.2, 0) is 4.74 Å². The van der Waals surface area contributed by atoms with Crippen molar-refractivity contribution in [3.8, 4) is 23.0 Å². The number of carbonyl (C=O) groups is 1. The van der Waals surface area contributed by atoms with E-state index < -0.39 is 0 Å². The van der Waals surface area contributed by atoms with Crippen molar-refractivity contribution in [1.29, 1.82) is 0 Å². The summed E-state index contributed by atoms with van der Waals surface area (Å²) in [6.07, 6.45) is 2.97. The number of methoxy groups -OCH3 is 1. The van der Waals surface area contributed by atoms with Crippen LogP contribution in [0.5, 0.6) is 23.0 Å². The van der Waals surface area contributed by atoms with Crippen molar-refractivity contribution in [3.05, 3.63) is 47.6 Å². The Hall–Kier alpha value is -3.27. The van der Waals surface area contributed by atoms with Gasteiger partial charge in [0.1, 0.15) is 18.1 Å². The first-order valence-corrected chi connectivity index (χ1v) is 14.4. The average molecular weight is 585 g/mol. The molecule has 4 rings (SSSR count). The minimum atomic E-state index is -0.302. The third kappa shape index (κ3) is 8.86. The largest absolute Gasteiger partial charge is 0.493 e. The van der Waals surface area contributed by atoms with Crippen LogP contribution in [0.25, 0.3) is 10.9 Å². The number of carbonyl (C=O) groups excluding carboxylic acids is 1. The number of aromatic nitrogens is 1. The molecule has 2 aromatic carbocycles. The van der Waals surface area contributed by atoms with Gasteiger partial charge in [0.15, 0.2) is 11.5 Å². The summed E-state index contributed by atoms with van der Waals surface area (Å²) in [7, 11) is 1.61. The molecule has 1 saturated heterocycles. The summed E-state index contributed by atoms with van der Waals surface area (Å²) in [6.45, 7) is 14.2. The van der Waals surface area contributed by atoms with Gasteiger partial charge in [-0.2, -0.15) is 0 Å². The summed E-state index contributed by atoms with van der Waals surface area (Å²) < 4.78 is 23.8. The van der Waals surface area contributed by atoms with E-state index in [-0.39, 0.29) is 23.7 Å². The molecule has 2 N–H and O–H groups in total. The van der Waals surface area contributed by atoms with Crippen LogP contribution in [0, 0.1) is 5.41 Å². The van der Waals surface area contributed by atoms with Crippen LogP contribution in [-0.4, -0.2) is 68.0 Å². The highest BCUT2D eigenvalue weighted by atomic mass is 35.5. The Morgan fingerprint density at radius 1 is 1.10 bits per heavy atom. The second kappa shape index (κ2) is 13.6. The highest BCUT2D eigenvalue weighted by Gasteiger charge is 2.22.